The molecular weight excluding hydrogens is 412 g/mol. The van der Waals surface area contributed by atoms with Crippen LogP contribution in [0.2, 0.25) is 5.02 Å². The fourth-order valence-corrected chi connectivity index (χ4v) is 3.78. The van der Waals surface area contributed by atoms with E-state index in [0.29, 0.717) is 18.1 Å². The highest BCUT2D eigenvalue weighted by Crippen LogP contribution is 2.28. The number of carbonyl (C=O) groups excluding carboxylic acids is 1. The number of hydrogen-bond donors (Lipinski definition) is 1. The Morgan fingerprint density at radius 3 is 2.42 bits per heavy atom. The molecule has 1 fully saturated rings. The molecule has 2 heterocycles. The van der Waals surface area contributed by atoms with E-state index in [4.69, 9.17) is 16.3 Å². The van der Waals surface area contributed by atoms with Crippen LogP contribution in [0.4, 0.5) is 21.9 Å². The maximum atomic E-state index is 12.3. The lowest BCUT2D eigenvalue weighted by Gasteiger charge is -2.36. The Morgan fingerprint density at radius 1 is 1.03 bits per heavy atom. The van der Waals surface area contributed by atoms with E-state index in [1.807, 2.05) is 45.0 Å². The van der Waals surface area contributed by atoms with Crippen LogP contribution in [0.5, 0.6) is 0 Å². The van der Waals surface area contributed by atoms with Crippen molar-refractivity contribution in [3.8, 4) is 0 Å². The first kappa shape index (κ1) is 21.2. The van der Waals surface area contributed by atoms with Gasteiger partial charge in [-0.3, -0.25) is 4.98 Å². The summed E-state index contributed by atoms with van der Waals surface area (Å²) in [5.74, 6) is 0. The van der Waals surface area contributed by atoms with Crippen molar-refractivity contribution < 1.29 is 9.53 Å². The number of fused-ring (bicyclic) bond motifs is 1. The summed E-state index contributed by atoms with van der Waals surface area (Å²) < 4.78 is 5.48. The van der Waals surface area contributed by atoms with Crippen LogP contribution in [0.3, 0.4) is 0 Å². The molecule has 7 heteroatoms. The number of benzene rings is 2. The standard InChI is InChI=1S/C24H27ClN4O2/c1-24(2,3)31-23(30)29-14-12-28(13-15-29)19-7-5-18(6-8-19)27-21-10-11-26-22-16-17(25)4-9-20(21)22/h4-11,16H,12-15H2,1-3H3,(H,26,27). The van der Waals surface area contributed by atoms with Crippen molar-refractivity contribution >= 4 is 45.7 Å². The molecule has 0 bridgehead atoms. The molecule has 6 nitrogen and oxygen atoms in total. The third kappa shape index (κ3) is 5.20. The number of halogens is 1. The zero-order chi connectivity index (χ0) is 22.0. The van der Waals surface area contributed by atoms with Crippen molar-refractivity contribution in [3.63, 3.8) is 0 Å². The van der Waals surface area contributed by atoms with Crippen LogP contribution in [-0.2, 0) is 4.74 Å². The Morgan fingerprint density at radius 2 is 1.74 bits per heavy atom. The summed E-state index contributed by atoms with van der Waals surface area (Å²) >= 11 is 6.08. The highest BCUT2D eigenvalue weighted by atomic mass is 35.5. The van der Waals surface area contributed by atoms with Crippen molar-refractivity contribution in [2.75, 3.05) is 36.4 Å². The number of nitrogens with one attached hydrogen (secondary N) is 1. The third-order valence-corrected chi connectivity index (χ3v) is 5.38. The highest BCUT2D eigenvalue weighted by Gasteiger charge is 2.25. The van der Waals surface area contributed by atoms with E-state index < -0.39 is 5.60 Å². The number of amides is 1. The predicted octanol–water partition coefficient (Wildman–Crippen LogP) is 5.69. The minimum Gasteiger partial charge on any atom is -0.444 e. The van der Waals surface area contributed by atoms with Gasteiger partial charge in [-0.15, -0.1) is 0 Å². The zero-order valence-corrected chi connectivity index (χ0v) is 18.8. The molecule has 1 amide bonds. The Balaban J connectivity index is 1.39. The summed E-state index contributed by atoms with van der Waals surface area (Å²) in [5.41, 5.74) is 3.51. The van der Waals surface area contributed by atoms with Gasteiger partial charge in [0.05, 0.1) is 5.52 Å². The zero-order valence-electron chi connectivity index (χ0n) is 18.1. The predicted molar refractivity (Wildman–Crippen MR) is 126 cm³/mol. The number of carbonyl (C=O) groups is 1. The van der Waals surface area contributed by atoms with Gasteiger partial charge in [0.25, 0.3) is 0 Å². The van der Waals surface area contributed by atoms with Crippen LogP contribution >= 0.6 is 11.6 Å². The van der Waals surface area contributed by atoms with Gasteiger partial charge in [0.15, 0.2) is 0 Å². The quantitative estimate of drug-likeness (QED) is 0.569. The average molecular weight is 439 g/mol. The monoisotopic (exact) mass is 438 g/mol. The molecule has 1 aliphatic heterocycles. The summed E-state index contributed by atoms with van der Waals surface area (Å²) in [4.78, 5) is 20.7. The summed E-state index contributed by atoms with van der Waals surface area (Å²) in [6.45, 7) is 8.53. The first-order valence-electron chi connectivity index (χ1n) is 10.4. The van der Waals surface area contributed by atoms with E-state index >= 15 is 0 Å². The number of ether oxygens (including phenoxy) is 1. The first-order chi connectivity index (χ1) is 14.8. The second-order valence-corrected chi connectivity index (χ2v) is 9.08. The molecule has 0 saturated carbocycles. The second-order valence-electron chi connectivity index (χ2n) is 8.65. The molecule has 1 N–H and O–H groups in total. The van der Waals surface area contributed by atoms with Gasteiger partial charge < -0.3 is 19.9 Å². The number of aromatic nitrogens is 1. The van der Waals surface area contributed by atoms with Gasteiger partial charge in [-0.25, -0.2) is 4.79 Å². The molecule has 162 valence electrons. The molecular formula is C24H27ClN4O2. The van der Waals surface area contributed by atoms with Crippen molar-refractivity contribution in [1.29, 1.82) is 0 Å². The Bertz CT molecular complexity index is 1070. The highest BCUT2D eigenvalue weighted by molar-refractivity contribution is 6.31. The maximum Gasteiger partial charge on any atom is 0.410 e. The van der Waals surface area contributed by atoms with Crippen molar-refractivity contribution in [1.82, 2.24) is 9.88 Å². The van der Waals surface area contributed by atoms with Gasteiger partial charge in [0.1, 0.15) is 5.60 Å². The van der Waals surface area contributed by atoms with E-state index in [2.05, 4.69) is 39.5 Å². The SMILES string of the molecule is CC(C)(C)OC(=O)N1CCN(c2ccc(Nc3ccnc4cc(Cl)ccc34)cc2)CC1. The number of nitrogens with zero attached hydrogens (tertiary/aromatic N) is 3. The second kappa shape index (κ2) is 8.63. The maximum absolute atomic E-state index is 12.3. The van der Waals surface area contributed by atoms with Crippen molar-refractivity contribution in [2.24, 2.45) is 0 Å². The van der Waals surface area contributed by atoms with Gasteiger partial charge in [-0.1, -0.05) is 11.6 Å². The fourth-order valence-electron chi connectivity index (χ4n) is 3.62. The molecule has 0 unspecified atom stereocenters. The Labute approximate surface area is 187 Å². The molecule has 0 spiro atoms. The molecule has 2 aromatic carbocycles. The Hall–Kier alpha value is -2.99. The molecule has 0 aliphatic carbocycles. The number of piperazine rings is 1. The van der Waals surface area contributed by atoms with Crippen LogP contribution < -0.4 is 10.2 Å². The first-order valence-corrected chi connectivity index (χ1v) is 10.8. The van der Waals surface area contributed by atoms with Crippen molar-refractivity contribution in [2.45, 2.75) is 26.4 Å². The van der Waals surface area contributed by atoms with E-state index in [9.17, 15) is 4.79 Å². The van der Waals surface area contributed by atoms with Crippen LogP contribution in [0, 0.1) is 0 Å². The van der Waals surface area contributed by atoms with Gasteiger partial charge >= 0.3 is 6.09 Å². The molecule has 1 aliphatic rings. The molecule has 1 aromatic heterocycles. The normalized spacial score (nSPS) is 14.6. The van der Waals surface area contributed by atoms with Gasteiger partial charge in [-0.2, -0.15) is 0 Å². The summed E-state index contributed by atoms with van der Waals surface area (Å²) in [6.07, 6.45) is 1.54. The number of anilines is 3. The van der Waals surface area contributed by atoms with Crippen LogP contribution in [0.15, 0.2) is 54.7 Å². The van der Waals surface area contributed by atoms with E-state index in [0.717, 1.165) is 41.1 Å². The number of hydrogen-bond acceptors (Lipinski definition) is 5. The summed E-state index contributed by atoms with van der Waals surface area (Å²) in [5, 5.41) is 5.17. The fraction of sp³-hybridized carbons (Fsp3) is 0.333. The Kier molecular flexibility index (Phi) is 5.92. The largest absolute Gasteiger partial charge is 0.444 e. The van der Waals surface area contributed by atoms with E-state index in [-0.39, 0.29) is 6.09 Å². The molecule has 31 heavy (non-hydrogen) atoms. The van der Waals surface area contributed by atoms with Gasteiger partial charge in [0, 0.05) is 59.8 Å². The third-order valence-electron chi connectivity index (χ3n) is 5.15. The molecule has 4 rings (SSSR count). The number of rotatable bonds is 3. The van der Waals surface area contributed by atoms with Crippen LogP contribution in [0.25, 0.3) is 10.9 Å². The van der Waals surface area contributed by atoms with Crippen LogP contribution in [0.1, 0.15) is 20.8 Å². The number of pyridine rings is 1. The minimum atomic E-state index is -0.469. The van der Waals surface area contributed by atoms with E-state index in [1.54, 1.807) is 11.1 Å². The van der Waals surface area contributed by atoms with Crippen molar-refractivity contribution in [3.05, 3.63) is 59.8 Å². The molecule has 0 radical (unpaired) electrons. The van der Waals surface area contributed by atoms with E-state index in [1.165, 1.54) is 0 Å². The lowest BCUT2D eigenvalue weighted by Crippen LogP contribution is -2.50. The smallest absolute Gasteiger partial charge is 0.410 e. The molecule has 0 atom stereocenters. The van der Waals surface area contributed by atoms with Gasteiger partial charge in [-0.05, 0) is 69.3 Å². The average Bonchev–Trinajstić information content (AvgIpc) is 2.73. The topological polar surface area (TPSA) is 57.7 Å². The summed E-state index contributed by atoms with van der Waals surface area (Å²) in [7, 11) is 0. The minimum absolute atomic E-state index is 0.238. The molecule has 1 saturated heterocycles. The lowest BCUT2D eigenvalue weighted by atomic mass is 10.1. The van der Waals surface area contributed by atoms with Crippen LogP contribution in [-0.4, -0.2) is 47.8 Å². The summed E-state index contributed by atoms with van der Waals surface area (Å²) in [6, 6.07) is 16.0. The van der Waals surface area contributed by atoms with Gasteiger partial charge in [0.2, 0.25) is 0 Å². The molecule has 3 aromatic rings. The lowest BCUT2D eigenvalue weighted by molar-refractivity contribution is 0.0240.